The van der Waals surface area contributed by atoms with Crippen molar-refractivity contribution in [2.75, 3.05) is 11.5 Å². The number of anilines is 2. The van der Waals surface area contributed by atoms with E-state index in [1.165, 1.54) is 12.3 Å². The Labute approximate surface area is 134 Å². The molecule has 0 bridgehead atoms. The lowest BCUT2D eigenvalue weighted by Crippen LogP contribution is -1.99. The average molecular weight is 310 g/mol. The molecule has 23 heavy (non-hydrogen) atoms. The summed E-state index contributed by atoms with van der Waals surface area (Å²) in [5, 5.41) is 8.73. The summed E-state index contributed by atoms with van der Waals surface area (Å²) in [7, 11) is 0. The summed E-state index contributed by atoms with van der Waals surface area (Å²) >= 11 is 0. The number of aromatic nitrogens is 2. The molecule has 0 fully saturated rings. The number of nitrogens with two attached hydrogens (primary N) is 2. The van der Waals surface area contributed by atoms with Gasteiger partial charge in [-0.1, -0.05) is 30.3 Å². The Morgan fingerprint density at radius 3 is 2.04 bits per heavy atom. The van der Waals surface area contributed by atoms with E-state index in [1.807, 2.05) is 36.4 Å². The van der Waals surface area contributed by atoms with Gasteiger partial charge < -0.3 is 21.3 Å². The van der Waals surface area contributed by atoms with Crippen LogP contribution in [0.4, 0.5) is 11.6 Å². The number of hydrogen-bond acceptors (Lipinski definition) is 6. The summed E-state index contributed by atoms with van der Waals surface area (Å²) in [5.74, 6) is 1.26. The first-order valence-corrected chi connectivity index (χ1v) is 6.93. The molecule has 3 rings (SSSR count). The van der Waals surface area contributed by atoms with Crippen molar-refractivity contribution in [2.24, 2.45) is 0 Å². The van der Waals surface area contributed by atoms with Crippen molar-refractivity contribution < 1.29 is 9.84 Å². The van der Waals surface area contributed by atoms with Crippen molar-refractivity contribution in [1.29, 1.82) is 0 Å². The highest BCUT2D eigenvalue weighted by molar-refractivity contribution is 5.44. The third-order valence-corrected chi connectivity index (χ3v) is 2.85. The molecule has 2 heterocycles. The number of rotatable bonds is 3. The lowest BCUT2D eigenvalue weighted by Gasteiger charge is -2.07. The normalized spacial score (nSPS) is 9.57. The number of benzene rings is 1. The Morgan fingerprint density at radius 1 is 0.826 bits per heavy atom. The molecule has 0 spiro atoms. The molecular weight excluding hydrogens is 292 g/mol. The Hall–Kier alpha value is -3.28. The van der Waals surface area contributed by atoms with E-state index in [9.17, 15) is 0 Å². The quantitative estimate of drug-likeness (QED) is 0.686. The molecule has 0 aliphatic rings. The van der Waals surface area contributed by atoms with E-state index in [1.54, 1.807) is 18.3 Å². The maximum atomic E-state index is 8.73. The van der Waals surface area contributed by atoms with Gasteiger partial charge >= 0.3 is 0 Å². The molecule has 5 N–H and O–H groups in total. The highest BCUT2D eigenvalue weighted by Gasteiger charge is 1.99. The molecule has 0 unspecified atom stereocenters. The molecule has 3 aromatic rings. The molecule has 0 aliphatic heterocycles. The SMILES string of the molecule is Nc1ncccc1O.Nc1ncccc1OCc1ccccc1. The van der Waals surface area contributed by atoms with Gasteiger partial charge in [-0.2, -0.15) is 0 Å². The zero-order valence-electron chi connectivity index (χ0n) is 12.5. The van der Waals surface area contributed by atoms with E-state index in [-0.39, 0.29) is 11.6 Å². The van der Waals surface area contributed by atoms with Crippen LogP contribution in [0.25, 0.3) is 0 Å². The fourth-order valence-electron chi connectivity index (χ4n) is 1.67. The molecule has 1 aromatic carbocycles. The van der Waals surface area contributed by atoms with Gasteiger partial charge in [0.2, 0.25) is 0 Å². The first-order valence-electron chi connectivity index (χ1n) is 6.93. The maximum absolute atomic E-state index is 8.73. The first-order chi connectivity index (χ1) is 11.2. The van der Waals surface area contributed by atoms with Crippen molar-refractivity contribution in [3.8, 4) is 11.5 Å². The number of pyridine rings is 2. The lowest BCUT2D eigenvalue weighted by molar-refractivity contribution is 0.307. The van der Waals surface area contributed by atoms with Gasteiger partial charge in [-0.05, 0) is 29.8 Å². The van der Waals surface area contributed by atoms with Crippen molar-refractivity contribution in [2.45, 2.75) is 6.61 Å². The molecule has 0 radical (unpaired) electrons. The van der Waals surface area contributed by atoms with Crippen LogP contribution in [0.5, 0.6) is 11.5 Å². The molecule has 0 atom stereocenters. The van der Waals surface area contributed by atoms with E-state index >= 15 is 0 Å². The van der Waals surface area contributed by atoms with Gasteiger partial charge in [0.15, 0.2) is 23.1 Å². The number of nitrogen functional groups attached to an aromatic ring is 2. The van der Waals surface area contributed by atoms with Crippen LogP contribution in [0.2, 0.25) is 0 Å². The van der Waals surface area contributed by atoms with Crippen LogP contribution in [-0.2, 0) is 6.61 Å². The predicted molar refractivity (Wildman–Crippen MR) is 89.7 cm³/mol. The average Bonchev–Trinajstić information content (AvgIpc) is 2.58. The van der Waals surface area contributed by atoms with Crippen LogP contribution in [0.1, 0.15) is 5.56 Å². The molecule has 6 nitrogen and oxygen atoms in total. The summed E-state index contributed by atoms with van der Waals surface area (Å²) < 4.78 is 5.54. The second-order valence-corrected chi connectivity index (χ2v) is 4.57. The molecule has 0 saturated carbocycles. The van der Waals surface area contributed by atoms with Crippen LogP contribution in [0.3, 0.4) is 0 Å². The van der Waals surface area contributed by atoms with Gasteiger partial charge in [0, 0.05) is 12.4 Å². The van der Waals surface area contributed by atoms with Gasteiger partial charge in [-0.25, -0.2) is 9.97 Å². The van der Waals surface area contributed by atoms with Gasteiger partial charge in [0.05, 0.1) is 0 Å². The zero-order chi connectivity index (χ0) is 16.5. The predicted octanol–water partition coefficient (Wildman–Crippen LogP) is 2.61. The smallest absolute Gasteiger partial charge is 0.166 e. The van der Waals surface area contributed by atoms with Crippen LogP contribution in [0.15, 0.2) is 67.0 Å². The third-order valence-electron chi connectivity index (χ3n) is 2.85. The van der Waals surface area contributed by atoms with Crippen LogP contribution in [-0.4, -0.2) is 15.1 Å². The fraction of sp³-hybridized carbons (Fsp3) is 0.0588. The highest BCUT2D eigenvalue weighted by Crippen LogP contribution is 2.18. The number of nitrogens with zero attached hydrogens (tertiary/aromatic N) is 2. The van der Waals surface area contributed by atoms with E-state index in [0.29, 0.717) is 18.2 Å². The monoisotopic (exact) mass is 310 g/mol. The molecule has 0 amide bonds. The minimum absolute atomic E-state index is 0.0347. The van der Waals surface area contributed by atoms with E-state index in [2.05, 4.69) is 9.97 Å². The van der Waals surface area contributed by atoms with Crippen molar-refractivity contribution in [1.82, 2.24) is 9.97 Å². The van der Waals surface area contributed by atoms with Gasteiger partial charge in [0.1, 0.15) is 6.61 Å². The summed E-state index contributed by atoms with van der Waals surface area (Å²) in [4.78, 5) is 7.55. The van der Waals surface area contributed by atoms with E-state index < -0.39 is 0 Å². The number of hydrogen-bond donors (Lipinski definition) is 3. The van der Waals surface area contributed by atoms with Crippen molar-refractivity contribution >= 4 is 11.6 Å². The van der Waals surface area contributed by atoms with Gasteiger partial charge in [-0.15, -0.1) is 0 Å². The van der Waals surface area contributed by atoms with E-state index in [4.69, 9.17) is 21.3 Å². The zero-order valence-corrected chi connectivity index (χ0v) is 12.5. The Bertz CT molecular complexity index is 714. The second-order valence-electron chi connectivity index (χ2n) is 4.57. The number of aromatic hydroxyl groups is 1. The topological polar surface area (TPSA) is 107 Å². The molecule has 6 heteroatoms. The van der Waals surface area contributed by atoms with Crippen LogP contribution >= 0.6 is 0 Å². The minimum atomic E-state index is 0.0347. The summed E-state index contributed by atoms with van der Waals surface area (Å²) in [5.41, 5.74) is 11.9. The first kappa shape index (κ1) is 16.1. The second kappa shape index (κ2) is 8.23. The summed E-state index contributed by atoms with van der Waals surface area (Å²) in [6, 6.07) is 16.7. The molecule has 2 aromatic heterocycles. The molecule has 118 valence electrons. The Balaban J connectivity index is 0.000000203. The van der Waals surface area contributed by atoms with Crippen LogP contribution in [0, 0.1) is 0 Å². The number of ether oxygens (including phenoxy) is 1. The highest BCUT2D eigenvalue weighted by atomic mass is 16.5. The summed E-state index contributed by atoms with van der Waals surface area (Å²) in [6.45, 7) is 0.511. The fourth-order valence-corrected chi connectivity index (χ4v) is 1.67. The van der Waals surface area contributed by atoms with Gasteiger partial charge in [-0.3, -0.25) is 0 Å². The summed E-state index contributed by atoms with van der Waals surface area (Å²) in [6.07, 6.45) is 3.17. The Kier molecular flexibility index (Phi) is 5.76. The standard InChI is InChI=1S/C12H12N2O.C5H6N2O/c13-12-11(7-4-8-14-12)15-9-10-5-2-1-3-6-10;6-5-4(8)2-1-3-7-5/h1-8H,9H2,(H2,13,14);1-3,8H,(H2,6,7). The van der Waals surface area contributed by atoms with Gasteiger partial charge in [0.25, 0.3) is 0 Å². The molecule has 0 aliphatic carbocycles. The molecular formula is C17H18N4O2. The maximum Gasteiger partial charge on any atom is 0.166 e. The third kappa shape index (κ3) is 5.20. The lowest BCUT2D eigenvalue weighted by atomic mass is 10.2. The Morgan fingerprint density at radius 2 is 1.48 bits per heavy atom. The van der Waals surface area contributed by atoms with Crippen molar-refractivity contribution in [3.05, 3.63) is 72.6 Å². The van der Waals surface area contributed by atoms with Crippen molar-refractivity contribution in [3.63, 3.8) is 0 Å². The minimum Gasteiger partial charge on any atom is -0.504 e. The largest absolute Gasteiger partial charge is 0.504 e. The van der Waals surface area contributed by atoms with E-state index in [0.717, 1.165) is 5.56 Å². The molecule has 0 saturated heterocycles. The van der Waals surface area contributed by atoms with Crippen LogP contribution < -0.4 is 16.2 Å².